The van der Waals surface area contributed by atoms with Gasteiger partial charge in [0.1, 0.15) is 11.8 Å². The van der Waals surface area contributed by atoms with Gasteiger partial charge in [0.2, 0.25) is 11.8 Å². The first-order valence-corrected chi connectivity index (χ1v) is 12.0. The van der Waals surface area contributed by atoms with E-state index in [1.54, 1.807) is 17.0 Å². The molecule has 0 unspecified atom stereocenters. The summed E-state index contributed by atoms with van der Waals surface area (Å²) in [6, 6.07) is 16.8. The van der Waals surface area contributed by atoms with Crippen LogP contribution in [0.2, 0.25) is 5.02 Å². The van der Waals surface area contributed by atoms with Gasteiger partial charge in [0.25, 0.3) is 0 Å². The summed E-state index contributed by atoms with van der Waals surface area (Å²) in [4.78, 5) is 28.0. The average molecular weight is 457 g/mol. The van der Waals surface area contributed by atoms with Crippen molar-refractivity contribution < 1.29 is 14.3 Å². The number of hydrogen-bond acceptors (Lipinski definition) is 3. The van der Waals surface area contributed by atoms with Crippen molar-refractivity contribution >= 4 is 23.4 Å². The van der Waals surface area contributed by atoms with Crippen molar-refractivity contribution in [3.63, 3.8) is 0 Å². The highest BCUT2D eigenvalue weighted by Gasteiger charge is 2.30. The highest BCUT2D eigenvalue weighted by Crippen LogP contribution is 2.20. The molecule has 5 nitrogen and oxygen atoms in total. The van der Waals surface area contributed by atoms with Crippen molar-refractivity contribution in [3.8, 4) is 5.75 Å². The van der Waals surface area contributed by atoms with Crippen LogP contribution in [0, 0.1) is 0 Å². The number of benzene rings is 2. The van der Waals surface area contributed by atoms with E-state index in [0.29, 0.717) is 37.4 Å². The van der Waals surface area contributed by atoms with Crippen LogP contribution in [0.3, 0.4) is 0 Å². The second-order valence-electron chi connectivity index (χ2n) is 8.33. The fourth-order valence-corrected chi connectivity index (χ4v) is 4.28. The molecule has 2 amide bonds. The normalized spacial score (nSPS) is 14.7. The van der Waals surface area contributed by atoms with Crippen molar-refractivity contribution in [1.82, 2.24) is 10.2 Å². The summed E-state index contributed by atoms with van der Waals surface area (Å²) >= 11 is 5.90. The Morgan fingerprint density at radius 2 is 1.78 bits per heavy atom. The molecule has 0 spiro atoms. The first-order chi connectivity index (χ1) is 15.6. The van der Waals surface area contributed by atoms with Crippen LogP contribution in [0.25, 0.3) is 0 Å². The third kappa shape index (κ3) is 7.27. The van der Waals surface area contributed by atoms with E-state index in [9.17, 15) is 9.59 Å². The molecule has 6 heteroatoms. The van der Waals surface area contributed by atoms with E-state index in [-0.39, 0.29) is 17.9 Å². The minimum Gasteiger partial charge on any atom is -0.494 e. The van der Waals surface area contributed by atoms with Gasteiger partial charge in [-0.3, -0.25) is 9.59 Å². The van der Waals surface area contributed by atoms with Gasteiger partial charge in [0, 0.05) is 24.0 Å². The highest BCUT2D eigenvalue weighted by molar-refractivity contribution is 6.30. The molecule has 0 aromatic heterocycles. The summed E-state index contributed by atoms with van der Waals surface area (Å²) in [5.41, 5.74) is 1.02. The van der Waals surface area contributed by atoms with Crippen molar-refractivity contribution in [2.45, 2.75) is 70.5 Å². The minimum atomic E-state index is -0.472. The molecule has 1 aliphatic rings. The molecule has 0 bridgehead atoms. The number of amides is 2. The van der Waals surface area contributed by atoms with E-state index in [1.165, 1.54) is 0 Å². The van der Waals surface area contributed by atoms with Crippen molar-refractivity contribution in [2.75, 3.05) is 6.61 Å². The SMILES string of the molecule is CC[C@@H](C(=O)NC1CCCC1)N(Cc1ccccc1)C(=O)CCCOc1ccc(Cl)cc1. The molecule has 2 aromatic rings. The van der Waals surface area contributed by atoms with E-state index in [1.807, 2.05) is 49.4 Å². The summed E-state index contributed by atoms with van der Waals surface area (Å²) in [5, 5.41) is 3.83. The second-order valence-corrected chi connectivity index (χ2v) is 8.76. The van der Waals surface area contributed by atoms with E-state index >= 15 is 0 Å². The van der Waals surface area contributed by atoms with Crippen LogP contribution < -0.4 is 10.1 Å². The molecular formula is C26H33ClN2O3. The Labute approximate surface area is 196 Å². The Morgan fingerprint density at radius 3 is 2.44 bits per heavy atom. The van der Waals surface area contributed by atoms with Gasteiger partial charge in [-0.05, 0) is 55.5 Å². The molecule has 1 aliphatic carbocycles. The van der Waals surface area contributed by atoms with Crippen molar-refractivity contribution in [1.29, 1.82) is 0 Å². The maximum atomic E-state index is 13.2. The van der Waals surface area contributed by atoms with Gasteiger partial charge in [-0.1, -0.05) is 61.7 Å². The molecule has 0 radical (unpaired) electrons. The molecule has 0 saturated heterocycles. The number of rotatable bonds is 11. The molecule has 1 fully saturated rings. The number of halogens is 1. The van der Waals surface area contributed by atoms with Gasteiger partial charge in [-0.15, -0.1) is 0 Å². The van der Waals surface area contributed by atoms with Crippen LogP contribution in [0.4, 0.5) is 0 Å². The number of hydrogen-bond donors (Lipinski definition) is 1. The Hall–Kier alpha value is -2.53. The van der Waals surface area contributed by atoms with Gasteiger partial charge in [0.05, 0.1) is 6.61 Å². The van der Waals surface area contributed by atoms with Gasteiger partial charge < -0.3 is 15.0 Å². The van der Waals surface area contributed by atoms with Crippen LogP contribution in [-0.4, -0.2) is 35.4 Å². The van der Waals surface area contributed by atoms with Crippen LogP contribution in [0.5, 0.6) is 5.75 Å². The molecule has 3 rings (SSSR count). The van der Waals surface area contributed by atoms with Gasteiger partial charge in [-0.25, -0.2) is 0 Å². The smallest absolute Gasteiger partial charge is 0.243 e. The van der Waals surface area contributed by atoms with Gasteiger partial charge >= 0.3 is 0 Å². The molecule has 1 N–H and O–H groups in total. The molecule has 1 atom stereocenters. The lowest BCUT2D eigenvalue weighted by Gasteiger charge is -2.31. The van der Waals surface area contributed by atoms with Crippen molar-refractivity contribution in [2.24, 2.45) is 0 Å². The van der Waals surface area contributed by atoms with E-state index in [4.69, 9.17) is 16.3 Å². The molecule has 0 aliphatic heterocycles. The lowest BCUT2D eigenvalue weighted by molar-refractivity contribution is -0.141. The first-order valence-electron chi connectivity index (χ1n) is 11.6. The monoisotopic (exact) mass is 456 g/mol. The lowest BCUT2D eigenvalue weighted by atomic mass is 10.1. The Morgan fingerprint density at radius 1 is 1.09 bits per heavy atom. The average Bonchev–Trinajstić information content (AvgIpc) is 3.31. The number of nitrogens with one attached hydrogen (secondary N) is 1. The zero-order chi connectivity index (χ0) is 22.8. The largest absolute Gasteiger partial charge is 0.494 e. The zero-order valence-electron chi connectivity index (χ0n) is 18.8. The topological polar surface area (TPSA) is 58.6 Å². The van der Waals surface area contributed by atoms with E-state index in [0.717, 1.165) is 37.0 Å². The Bertz CT molecular complexity index is 851. The number of nitrogens with zero attached hydrogens (tertiary/aromatic N) is 1. The summed E-state index contributed by atoms with van der Waals surface area (Å²) < 4.78 is 5.72. The molecule has 0 heterocycles. The second kappa shape index (κ2) is 12.5. The predicted octanol–water partition coefficient (Wildman–Crippen LogP) is 5.37. The molecule has 32 heavy (non-hydrogen) atoms. The quantitative estimate of drug-likeness (QED) is 0.463. The molecule has 1 saturated carbocycles. The van der Waals surface area contributed by atoms with Crippen LogP contribution >= 0.6 is 11.6 Å². The maximum Gasteiger partial charge on any atom is 0.243 e. The van der Waals surface area contributed by atoms with Gasteiger partial charge in [-0.2, -0.15) is 0 Å². The summed E-state index contributed by atoms with van der Waals surface area (Å²) in [7, 11) is 0. The van der Waals surface area contributed by atoms with Crippen molar-refractivity contribution in [3.05, 3.63) is 65.2 Å². The molecule has 172 valence electrons. The molecule has 2 aromatic carbocycles. The third-order valence-corrected chi connectivity index (χ3v) is 6.15. The lowest BCUT2D eigenvalue weighted by Crippen LogP contribution is -2.50. The summed E-state index contributed by atoms with van der Waals surface area (Å²) in [5.74, 6) is 0.661. The minimum absolute atomic E-state index is 0.0259. The van der Waals surface area contributed by atoms with E-state index in [2.05, 4.69) is 5.32 Å². The fraction of sp³-hybridized carbons (Fsp3) is 0.462. The van der Waals surface area contributed by atoms with E-state index < -0.39 is 6.04 Å². The molecular weight excluding hydrogens is 424 g/mol. The predicted molar refractivity (Wildman–Crippen MR) is 128 cm³/mol. The summed E-state index contributed by atoms with van der Waals surface area (Å²) in [6.07, 6.45) is 5.84. The number of carbonyl (C=O) groups excluding carboxylic acids is 2. The number of ether oxygens (including phenoxy) is 1. The first kappa shape index (κ1) is 24.1. The zero-order valence-corrected chi connectivity index (χ0v) is 19.5. The maximum absolute atomic E-state index is 13.2. The standard InChI is InChI=1S/C26H33ClN2O3/c1-2-24(26(31)28-22-11-6-7-12-22)29(19-20-9-4-3-5-10-20)25(30)13-8-18-32-23-16-14-21(27)15-17-23/h3-5,9-10,14-17,22,24H,2,6-8,11-13,18-19H2,1H3,(H,28,31)/t24-/m0/s1. The summed E-state index contributed by atoms with van der Waals surface area (Å²) in [6.45, 7) is 2.82. The number of carbonyl (C=O) groups is 2. The Balaban J connectivity index is 1.61. The van der Waals surface area contributed by atoms with Crippen LogP contribution in [0.15, 0.2) is 54.6 Å². The fourth-order valence-electron chi connectivity index (χ4n) is 4.15. The highest BCUT2D eigenvalue weighted by atomic mass is 35.5. The third-order valence-electron chi connectivity index (χ3n) is 5.90. The van der Waals surface area contributed by atoms with Gasteiger partial charge in [0.15, 0.2) is 0 Å². The van der Waals surface area contributed by atoms with Crippen LogP contribution in [0.1, 0.15) is 57.4 Å². The Kier molecular flexibility index (Phi) is 9.42. The van der Waals surface area contributed by atoms with Crippen LogP contribution in [-0.2, 0) is 16.1 Å².